The van der Waals surface area contributed by atoms with E-state index in [1.807, 2.05) is 0 Å². The van der Waals surface area contributed by atoms with Gasteiger partial charge in [0.25, 0.3) is 0 Å². The molecule has 2 aromatic rings. The summed E-state index contributed by atoms with van der Waals surface area (Å²) in [5, 5.41) is 0. The molecule has 2 rings (SSSR count). The molecule has 1 nitrogen and oxygen atoms in total. The van der Waals surface area contributed by atoms with E-state index in [1.165, 1.54) is 12.1 Å². The van der Waals surface area contributed by atoms with Gasteiger partial charge in [0.1, 0.15) is 4.90 Å². The van der Waals surface area contributed by atoms with Gasteiger partial charge in [-0.25, -0.2) is 0 Å². The predicted octanol–water partition coefficient (Wildman–Crippen LogP) is 5.58. The molecule has 0 saturated carbocycles. The highest BCUT2D eigenvalue weighted by Gasteiger charge is 2.65. The first-order valence-electron chi connectivity index (χ1n) is 5.41. The predicted molar refractivity (Wildman–Crippen MR) is 67.7 cm³/mol. The summed E-state index contributed by atoms with van der Waals surface area (Å²) in [6.45, 7) is 0. The fraction of sp³-hybridized carbons (Fsp3) is 0. The van der Waals surface area contributed by atoms with Crippen molar-refractivity contribution in [3.8, 4) is 0 Å². The molecule has 0 fully saturated rings. The van der Waals surface area contributed by atoms with Crippen molar-refractivity contribution in [1.29, 1.82) is 0 Å². The van der Waals surface area contributed by atoms with Crippen LogP contribution in [0.1, 0.15) is 15.9 Å². The van der Waals surface area contributed by atoms with Crippen LogP contribution >= 0.6 is 10.2 Å². The maximum Gasteiger partial charge on any atom is 0.310 e. The number of carbonyl (C=O) groups is 1. The maximum atomic E-state index is 12.5. The van der Waals surface area contributed by atoms with Gasteiger partial charge in [-0.3, -0.25) is 4.79 Å². The lowest BCUT2D eigenvalue weighted by Gasteiger charge is -2.40. The number of halogens is 5. The zero-order valence-electron chi connectivity index (χ0n) is 9.90. The molecule has 0 saturated heterocycles. The molecule has 0 radical (unpaired) electrons. The van der Waals surface area contributed by atoms with E-state index >= 15 is 0 Å². The van der Waals surface area contributed by atoms with Crippen LogP contribution in [0.3, 0.4) is 0 Å². The average Bonchev–Trinajstić information content (AvgIpc) is 2.36. The number of hydrogen-bond donors (Lipinski definition) is 0. The first kappa shape index (κ1) is 14.5. The zero-order chi connectivity index (χ0) is 15.1. The summed E-state index contributed by atoms with van der Waals surface area (Å²) in [6, 6.07) is 9.81. The minimum absolute atomic E-state index is 0.0817. The molecular formula is C13H9F5OS. The Morgan fingerprint density at radius 1 is 0.700 bits per heavy atom. The monoisotopic (exact) mass is 308 g/mol. The fourth-order valence-corrected chi connectivity index (χ4v) is 2.27. The highest BCUT2D eigenvalue weighted by Crippen LogP contribution is 3.02. The van der Waals surface area contributed by atoms with Gasteiger partial charge >= 0.3 is 10.2 Å². The van der Waals surface area contributed by atoms with Gasteiger partial charge in [0.05, 0.1) is 0 Å². The van der Waals surface area contributed by atoms with Crippen LogP contribution in [0.4, 0.5) is 19.4 Å². The Hall–Kier alpha value is -1.89. The van der Waals surface area contributed by atoms with Crippen molar-refractivity contribution >= 4 is 16.0 Å². The van der Waals surface area contributed by atoms with Crippen molar-refractivity contribution < 1.29 is 24.2 Å². The van der Waals surface area contributed by atoms with E-state index in [1.54, 1.807) is 18.2 Å². The Balaban J connectivity index is 2.38. The standard InChI is InChI=1S/C13H9F5OS/c14-20(15,16,17,18)12-8-6-11(7-9-12)13(19)10-4-2-1-3-5-10/h1-9H. The third kappa shape index (κ3) is 3.16. The summed E-state index contributed by atoms with van der Waals surface area (Å²) in [5.41, 5.74) is 0.189. The second-order valence-corrected chi connectivity index (χ2v) is 6.60. The number of rotatable bonds is 3. The molecule has 0 aromatic heterocycles. The Morgan fingerprint density at radius 3 is 1.60 bits per heavy atom. The Bertz CT molecular complexity index is 647. The Kier molecular flexibility index (Phi) is 2.77. The lowest BCUT2D eigenvalue weighted by atomic mass is 10.0. The summed E-state index contributed by atoms with van der Waals surface area (Å²) in [7, 11) is -9.69. The van der Waals surface area contributed by atoms with Crippen LogP contribution in [0.15, 0.2) is 59.5 Å². The highest BCUT2D eigenvalue weighted by atomic mass is 32.5. The number of hydrogen-bond acceptors (Lipinski definition) is 1. The average molecular weight is 308 g/mol. The zero-order valence-corrected chi connectivity index (χ0v) is 10.7. The highest BCUT2D eigenvalue weighted by molar-refractivity contribution is 8.45. The Morgan fingerprint density at radius 2 is 1.15 bits per heavy atom. The van der Waals surface area contributed by atoms with E-state index in [0.717, 1.165) is 12.1 Å². The van der Waals surface area contributed by atoms with E-state index in [4.69, 9.17) is 0 Å². The summed E-state index contributed by atoms with van der Waals surface area (Å²) >= 11 is 0. The van der Waals surface area contributed by atoms with Crippen LogP contribution in [0, 0.1) is 0 Å². The normalized spacial score (nSPS) is 15.2. The molecule has 7 heteroatoms. The van der Waals surface area contributed by atoms with Gasteiger partial charge in [-0.1, -0.05) is 49.8 Å². The van der Waals surface area contributed by atoms with E-state index in [2.05, 4.69) is 0 Å². The largest absolute Gasteiger partial charge is 0.310 e. The third-order valence-corrected chi connectivity index (χ3v) is 3.76. The van der Waals surface area contributed by atoms with Gasteiger partial charge in [-0.05, 0) is 24.3 Å². The molecule has 0 aliphatic carbocycles. The van der Waals surface area contributed by atoms with E-state index in [0.29, 0.717) is 0 Å². The first-order chi connectivity index (χ1) is 8.97. The summed E-state index contributed by atoms with van der Waals surface area (Å²) in [6.07, 6.45) is 0. The van der Waals surface area contributed by atoms with Crippen LogP contribution < -0.4 is 0 Å². The fourth-order valence-electron chi connectivity index (χ4n) is 1.62. The molecule has 0 N–H and O–H groups in total. The summed E-state index contributed by atoms with van der Waals surface area (Å²) < 4.78 is 62.6. The quantitative estimate of drug-likeness (QED) is 0.535. The molecule has 0 bridgehead atoms. The molecule has 0 heterocycles. The summed E-state index contributed by atoms with van der Waals surface area (Å²) in [4.78, 5) is 9.90. The number of carbonyl (C=O) groups excluding carboxylic acids is 1. The smallest absolute Gasteiger partial charge is 0.289 e. The summed E-state index contributed by atoms with van der Waals surface area (Å²) in [5.74, 6) is -0.528. The third-order valence-electron chi connectivity index (χ3n) is 2.60. The lowest BCUT2D eigenvalue weighted by Crippen LogP contribution is -2.07. The van der Waals surface area contributed by atoms with Crippen LogP contribution in [-0.2, 0) is 0 Å². The van der Waals surface area contributed by atoms with Gasteiger partial charge in [0, 0.05) is 11.1 Å². The number of ketones is 1. The molecule has 0 amide bonds. The van der Waals surface area contributed by atoms with Crippen molar-refractivity contribution in [2.75, 3.05) is 0 Å². The van der Waals surface area contributed by atoms with Crippen molar-refractivity contribution in [1.82, 2.24) is 0 Å². The van der Waals surface area contributed by atoms with Gasteiger partial charge in [-0.2, -0.15) is 0 Å². The van der Waals surface area contributed by atoms with Gasteiger partial charge in [0.15, 0.2) is 5.78 Å². The molecule has 0 aliphatic heterocycles. The van der Waals surface area contributed by atoms with Crippen molar-refractivity contribution in [3.63, 3.8) is 0 Å². The van der Waals surface area contributed by atoms with E-state index < -0.39 is 20.9 Å². The van der Waals surface area contributed by atoms with E-state index in [-0.39, 0.29) is 23.3 Å². The minimum Gasteiger partial charge on any atom is -0.289 e. The van der Waals surface area contributed by atoms with Crippen molar-refractivity contribution in [2.24, 2.45) is 0 Å². The molecule has 0 spiro atoms. The van der Waals surface area contributed by atoms with Gasteiger partial charge < -0.3 is 0 Å². The molecular weight excluding hydrogens is 299 g/mol. The van der Waals surface area contributed by atoms with Crippen LogP contribution in [0.2, 0.25) is 0 Å². The topological polar surface area (TPSA) is 17.1 Å². The minimum atomic E-state index is -9.69. The van der Waals surface area contributed by atoms with Crippen molar-refractivity contribution in [3.05, 3.63) is 65.7 Å². The molecule has 0 aliphatic rings. The first-order valence-corrected chi connectivity index (χ1v) is 7.36. The second kappa shape index (κ2) is 3.82. The molecule has 108 valence electrons. The molecule has 20 heavy (non-hydrogen) atoms. The van der Waals surface area contributed by atoms with E-state index in [9.17, 15) is 24.2 Å². The van der Waals surface area contributed by atoms with Crippen LogP contribution in [0.25, 0.3) is 0 Å². The SMILES string of the molecule is O=C(c1ccccc1)c1ccc(S(F)(F)(F)(F)F)cc1. The second-order valence-electron chi connectivity index (χ2n) is 4.19. The van der Waals surface area contributed by atoms with Gasteiger partial charge in [0.2, 0.25) is 0 Å². The van der Waals surface area contributed by atoms with Gasteiger partial charge in [-0.15, -0.1) is 0 Å². The maximum absolute atomic E-state index is 12.5. The molecule has 0 atom stereocenters. The molecule has 0 unspecified atom stereocenters. The van der Waals surface area contributed by atoms with Crippen LogP contribution in [0.5, 0.6) is 0 Å². The lowest BCUT2D eigenvalue weighted by molar-refractivity contribution is 0.103. The Labute approximate surface area is 111 Å². The van der Waals surface area contributed by atoms with Crippen molar-refractivity contribution in [2.45, 2.75) is 4.90 Å². The van der Waals surface area contributed by atoms with Crippen LogP contribution in [-0.4, -0.2) is 5.78 Å². The molecule has 2 aromatic carbocycles. The number of benzene rings is 2.